The van der Waals surface area contributed by atoms with Crippen molar-refractivity contribution < 1.29 is 31.3 Å². The average Bonchev–Trinajstić information content (AvgIpc) is 3.10. The summed E-state index contributed by atoms with van der Waals surface area (Å²) < 4.78 is 0. The molecule has 0 saturated carbocycles. The van der Waals surface area contributed by atoms with Gasteiger partial charge in [0.25, 0.3) is 0 Å². The quantitative estimate of drug-likeness (QED) is 0.580. The molecule has 0 radical (unpaired) electrons. The Labute approximate surface area is 140 Å². The fraction of sp³-hybridized carbons (Fsp3) is 0.111. The fourth-order valence-electron chi connectivity index (χ4n) is 1.45. The van der Waals surface area contributed by atoms with Crippen molar-refractivity contribution in [2.75, 3.05) is 0 Å². The summed E-state index contributed by atoms with van der Waals surface area (Å²) in [6.07, 6.45) is 0. The summed E-state index contributed by atoms with van der Waals surface area (Å²) >= 11 is 0. The molecule has 20 heavy (non-hydrogen) atoms. The van der Waals surface area contributed by atoms with Gasteiger partial charge in [-0.25, -0.2) is 24.3 Å². The van der Waals surface area contributed by atoms with Crippen LogP contribution in [0.5, 0.6) is 5.75 Å². The zero-order chi connectivity index (χ0) is 13.9. The number of aromatic hydroxyl groups is 1. The first-order valence-electron chi connectivity index (χ1n) is 6.29. The molecule has 0 saturated heterocycles. The van der Waals surface area contributed by atoms with Crippen LogP contribution in [0.4, 0.5) is 0 Å². The van der Waals surface area contributed by atoms with E-state index in [9.17, 15) is 0 Å². The number of hydrogen-bond donors (Lipinski definition) is 1. The van der Waals surface area contributed by atoms with Crippen molar-refractivity contribution in [1.29, 1.82) is 0 Å². The summed E-state index contributed by atoms with van der Waals surface area (Å²) in [6.45, 7) is 3.90. The minimum atomic E-state index is 0. The minimum absolute atomic E-state index is 0. The van der Waals surface area contributed by atoms with Crippen molar-refractivity contribution in [3.8, 4) is 5.75 Å². The van der Waals surface area contributed by atoms with E-state index in [1.165, 1.54) is 5.56 Å². The van der Waals surface area contributed by atoms with Crippen LogP contribution in [0.25, 0.3) is 0 Å². The molecule has 0 aliphatic rings. The van der Waals surface area contributed by atoms with Crippen LogP contribution in [-0.2, 0) is 26.2 Å². The summed E-state index contributed by atoms with van der Waals surface area (Å²) in [5.74, 6) is 0.376. The summed E-state index contributed by atoms with van der Waals surface area (Å²) in [5.41, 5.74) is 2.13. The predicted molar refractivity (Wildman–Crippen MR) is 81.7 cm³/mol. The molecule has 0 heterocycles. The van der Waals surface area contributed by atoms with E-state index in [1.54, 1.807) is 6.07 Å². The van der Waals surface area contributed by atoms with Crippen molar-refractivity contribution in [3.05, 3.63) is 90.0 Å². The Morgan fingerprint density at radius 3 is 1.50 bits per heavy atom. The van der Waals surface area contributed by atoms with Gasteiger partial charge >= 0.3 is 26.2 Å². The summed E-state index contributed by atoms with van der Waals surface area (Å²) in [4.78, 5) is 0. The second-order valence-electron chi connectivity index (χ2n) is 4.21. The van der Waals surface area contributed by atoms with Crippen LogP contribution in [0.3, 0.4) is 0 Å². The molecule has 3 aromatic carbocycles. The van der Waals surface area contributed by atoms with Crippen LogP contribution in [0.2, 0.25) is 0 Å². The van der Waals surface area contributed by atoms with E-state index in [2.05, 4.69) is 0 Å². The van der Waals surface area contributed by atoms with Crippen LogP contribution in [0, 0.1) is 13.8 Å². The maximum Gasteiger partial charge on any atom is 2.00 e. The first-order chi connectivity index (χ1) is 9.20. The molecule has 2 heteroatoms. The topological polar surface area (TPSA) is 20.2 Å². The maximum absolute atomic E-state index is 9.04. The van der Waals surface area contributed by atoms with Crippen LogP contribution >= 0.6 is 0 Å². The number of benzene rings is 1. The van der Waals surface area contributed by atoms with Gasteiger partial charge < -0.3 is 5.11 Å². The number of phenols is 1. The van der Waals surface area contributed by atoms with E-state index >= 15 is 0 Å². The first kappa shape index (κ1) is 18.6. The Bertz CT molecular complexity index is 464. The van der Waals surface area contributed by atoms with Crippen molar-refractivity contribution in [2.24, 2.45) is 0 Å². The summed E-state index contributed by atoms with van der Waals surface area (Å²) in [5, 5.41) is 9.04. The molecule has 0 unspecified atom stereocenters. The molecule has 0 aliphatic heterocycles. The standard InChI is InChI=1S/C8H10O.2C5H5.Zr/c1-6-3-4-8(9)7(2)5-6;2*1-2-4-5-3-1;/h3-5,9H,1-2H3;2*1-5H;/q;2*-1;+2. The van der Waals surface area contributed by atoms with Gasteiger partial charge in [0, 0.05) is 0 Å². The molecule has 102 valence electrons. The molecule has 0 bridgehead atoms. The van der Waals surface area contributed by atoms with E-state index in [4.69, 9.17) is 5.11 Å². The monoisotopic (exact) mass is 342 g/mol. The minimum Gasteiger partial charge on any atom is -0.508 e. The van der Waals surface area contributed by atoms with Crippen LogP contribution in [0.1, 0.15) is 11.1 Å². The molecule has 0 amide bonds. The van der Waals surface area contributed by atoms with E-state index in [0.717, 1.165) is 5.56 Å². The Kier molecular flexibility index (Phi) is 10.6. The third-order valence-corrected chi connectivity index (χ3v) is 2.46. The van der Waals surface area contributed by atoms with E-state index < -0.39 is 0 Å². The van der Waals surface area contributed by atoms with Crippen molar-refractivity contribution >= 4 is 0 Å². The first-order valence-corrected chi connectivity index (χ1v) is 6.29. The van der Waals surface area contributed by atoms with Crippen molar-refractivity contribution in [3.63, 3.8) is 0 Å². The second-order valence-corrected chi connectivity index (χ2v) is 4.21. The van der Waals surface area contributed by atoms with Crippen LogP contribution < -0.4 is 0 Å². The molecule has 3 rings (SSSR count). The molecular weight excluding hydrogens is 323 g/mol. The van der Waals surface area contributed by atoms with Gasteiger partial charge in [0.15, 0.2) is 0 Å². The molecule has 0 aliphatic carbocycles. The fourth-order valence-corrected chi connectivity index (χ4v) is 1.45. The number of rotatable bonds is 0. The van der Waals surface area contributed by atoms with Crippen molar-refractivity contribution in [1.82, 2.24) is 0 Å². The van der Waals surface area contributed by atoms with Gasteiger partial charge in [-0.05, 0) is 25.5 Å². The predicted octanol–water partition coefficient (Wildman–Crippen LogP) is 4.82. The number of phenolic OH excluding ortho intramolecular Hbond substituents is 1. The molecule has 0 atom stereocenters. The number of hydrogen-bond acceptors (Lipinski definition) is 1. The van der Waals surface area contributed by atoms with E-state index in [1.807, 2.05) is 86.6 Å². The Balaban J connectivity index is 0.000000282. The molecule has 1 N–H and O–H groups in total. The van der Waals surface area contributed by atoms with Gasteiger partial charge in [-0.15, -0.1) is 0 Å². The summed E-state index contributed by atoms with van der Waals surface area (Å²) in [7, 11) is 0. The average molecular weight is 344 g/mol. The van der Waals surface area contributed by atoms with Crippen LogP contribution in [0.15, 0.2) is 78.9 Å². The van der Waals surface area contributed by atoms with Crippen LogP contribution in [-0.4, -0.2) is 5.11 Å². The zero-order valence-electron chi connectivity index (χ0n) is 12.0. The number of aryl methyl sites for hydroxylation is 2. The van der Waals surface area contributed by atoms with Gasteiger partial charge in [-0.2, -0.15) is 36.4 Å². The van der Waals surface area contributed by atoms with Gasteiger partial charge in [0.1, 0.15) is 5.75 Å². The van der Waals surface area contributed by atoms with E-state index in [-0.39, 0.29) is 26.2 Å². The van der Waals surface area contributed by atoms with Gasteiger partial charge in [-0.3, -0.25) is 0 Å². The Morgan fingerprint density at radius 2 is 1.25 bits per heavy atom. The third-order valence-electron chi connectivity index (χ3n) is 2.46. The summed E-state index contributed by atoms with van der Waals surface area (Å²) in [6, 6.07) is 25.6. The molecule has 0 spiro atoms. The third kappa shape index (κ3) is 8.66. The molecular formula is C18H20OZr. The SMILES string of the molecule is Cc1ccc(O)c(C)c1.[Zr+2].c1cc[cH-]c1.c1cc[cH-]c1. The Morgan fingerprint density at radius 1 is 0.800 bits per heavy atom. The largest absolute Gasteiger partial charge is 2.00 e. The van der Waals surface area contributed by atoms with Gasteiger partial charge in [0.2, 0.25) is 0 Å². The van der Waals surface area contributed by atoms with E-state index in [0.29, 0.717) is 5.75 Å². The molecule has 3 aromatic rings. The Hall–Kier alpha value is -1.40. The smallest absolute Gasteiger partial charge is 0.508 e. The maximum atomic E-state index is 9.04. The molecule has 0 aromatic heterocycles. The van der Waals surface area contributed by atoms with Gasteiger partial charge in [-0.1, -0.05) is 17.7 Å². The normalized spacial score (nSPS) is 8.30. The van der Waals surface area contributed by atoms with Gasteiger partial charge in [0.05, 0.1) is 0 Å². The van der Waals surface area contributed by atoms with Crippen molar-refractivity contribution in [2.45, 2.75) is 13.8 Å². The molecule has 0 fully saturated rings. The zero-order valence-corrected chi connectivity index (χ0v) is 14.4. The second kappa shape index (κ2) is 11.4. The molecule has 1 nitrogen and oxygen atoms in total.